The van der Waals surface area contributed by atoms with Crippen LogP contribution in [0.15, 0.2) is 11.4 Å². The molecule has 0 amide bonds. The molecule has 0 radical (unpaired) electrons. The van der Waals surface area contributed by atoms with E-state index in [9.17, 15) is 8.42 Å². The Morgan fingerprint density at radius 2 is 1.83 bits per heavy atom. The van der Waals surface area contributed by atoms with E-state index < -0.39 is 9.84 Å². The molecular weight excluding hydrogens is 400 g/mol. The standard InChI is InChI=1S/C22H38N4O3S/c1-29-15-14-26-21(16-23-22(26)30(27,28)18-19-8-9-19)17-24-10-5-11-25(13-12-24)20-6-3-2-4-7-20/h16,19-20H,2-15,17-18H2,1H3. The maximum absolute atomic E-state index is 12.9. The Bertz CT molecular complexity index is 784. The monoisotopic (exact) mass is 438 g/mol. The molecule has 0 aromatic carbocycles. The van der Waals surface area contributed by atoms with Crippen LogP contribution in [0, 0.1) is 5.92 Å². The third-order valence-corrected chi connectivity index (χ3v) is 8.74. The quantitative estimate of drug-likeness (QED) is 0.590. The summed E-state index contributed by atoms with van der Waals surface area (Å²) in [7, 11) is -1.68. The Hall–Kier alpha value is -0.960. The van der Waals surface area contributed by atoms with Crippen molar-refractivity contribution in [2.75, 3.05) is 45.6 Å². The first kappa shape index (κ1) is 22.2. The highest BCUT2D eigenvalue weighted by Gasteiger charge is 2.32. The highest BCUT2D eigenvalue weighted by Crippen LogP contribution is 2.32. The minimum atomic E-state index is -3.34. The van der Waals surface area contributed by atoms with Gasteiger partial charge in [-0.3, -0.25) is 9.80 Å². The molecule has 0 N–H and O–H groups in total. The second kappa shape index (κ2) is 10.1. The molecule has 3 aliphatic rings. The van der Waals surface area contributed by atoms with Gasteiger partial charge in [-0.15, -0.1) is 0 Å². The van der Waals surface area contributed by atoms with Crippen molar-refractivity contribution in [1.29, 1.82) is 0 Å². The number of imidazole rings is 1. The molecule has 2 aliphatic carbocycles. The molecule has 2 saturated carbocycles. The maximum atomic E-state index is 12.9. The van der Waals surface area contributed by atoms with Crippen LogP contribution in [-0.4, -0.2) is 79.5 Å². The van der Waals surface area contributed by atoms with Gasteiger partial charge in [0.1, 0.15) is 0 Å². The third-order valence-electron chi connectivity index (χ3n) is 6.95. The smallest absolute Gasteiger partial charge is 0.227 e. The molecule has 0 unspecified atom stereocenters. The number of hydrogen-bond acceptors (Lipinski definition) is 6. The van der Waals surface area contributed by atoms with Crippen LogP contribution in [0.25, 0.3) is 0 Å². The average Bonchev–Trinajstić information content (AvgIpc) is 3.50. The minimum absolute atomic E-state index is 0.233. The second-order valence-corrected chi connectivity index (χ2v) is 11.3. The fraction of sp³-hybridized carbons (Fsp3) is 0.864. The van der Waals surface area contributed by atoms with Gasteiger partial charge in [-0.05, 0) is 51.1 Å². The minimum Gasteiger partial charge on any atom is -0.383 e. The van der Waals surface area contributed by atoms with Crippen molar-refractivity contribution >= 4 is 9.84 Å². The largest absolute Gasteiger partial charge is 0.383 e. The van der Waals surface area contributed by atoms with Gasteiger partial charge < -0.3 is 9.30 Å². The molecule has 1 saturated heterocycles. The van der Waals surface area contributed by atoms with Gasteiger partial charge in [-0.25, -0.2) is 13.4 Å². The number of methoxy groups -OCH3 is 1. The fourth-order valence-corrected chi connectivity index (χ4v) is 6.91. The van der Waals surface area contributed by atoms with Crippen LogP contribution in [0.4, 0.5) is 0 Å². The number of ether oxygens (including phenoxy) is 1. The fourth-order valence-electron chi connectivity index (χ4n) is 5.05. The van der Waals surface area contributed by atoms with E-state index in [0.29, 0.717) is 19.1 Å². The Morgan fingerprint density at radius 1 is 1.03 bits per heavy atom. The van der Waals surface area contributed by atoms with Gasteiger partial charge in [-0.2, -0.15) is 0 Å². The summed E-state index contributed by atoms with van der Waals surface area (Å²) in [6.45, 7) is 6.18. The van der Waals surface area contributed by atoms with Crippen molar-refractivity contribution in [3.8, 4) is 0 Å². The van der Waals surface area contributed by atoms with Crippen LogP contribution in [0.3, 0.4) is 0 Å². The van der Waals surface area contributed by atoms with Gasteiger partial charge in [0.2, 0.25) is 15.0 Å². The lowest BCUT2D eigenvalue weighted by atomic mass is 9.94. The number of rotatable bonds is 9. The summed E-state index contributed by atoms with van der Waals surface area (Å²) in [4.78, 5) is 9.56. The summed E-state index contributed by atoms with van der Waals surface area (Å²) in [6.07, 6.45) is 11.9. The molecule has 3 fully saturated rings. The van der Waals surface area contributed by atoms with Gasteiger partial charge >= 0.3 is 0 Å². The average molecular weight is 439 g/mol. The van der Waals surface area contributed by atoms with E-state index in [1.807, 2.05) is 4.57 Å². The van der Waals surface area contributed by atoms with Gasteiger partial charge in [0.05, 0.1) is 24.3 Å². The van der Waals surface area contributed by atoms with Gasteiger partial charge in [0.15, 0.2) is 0 Å². The molecule has 170 valence electrons. The van der Waals surface area contributed by atoms with Crippen LogP contribution in [0.1, 0.15) is 57.1 Å². The van der Waals surface area contributed by atoms with E-state index in [2.05, 4.69) is 14.8 Å². The van der Waals surface area contributed by atoms with Gasteiger partial charge in [0, 0.05) is 39.3 Å². The van der Waals surface area contributed by atoms with Crippen LogP contribution >= 0.6 is 0 Å². The van der Waals surface area contributed by atoms with E-state index in [1.54, 1.807) is 13.3 Å². The number of aromatic nitrogens is 2. The van der Waals surface area contributed by atoms with Crippen LogP contribution in [0.2, 0.25) is 0 Å². The zero-order chi connectivity index (χ0) is 21.0. The molecule has 8 heteroatoms. The lowest BCUT2D eigenvalue weighted by molar-refractivity contribution is 0.157. The second-order valence-electron chi connectivity index (χ2n) is 9.36. The third kappa shape index (κ3) is 5.64. The molecular formula is C22H38N4O3S. The van der Waals surface area contributed by atoms with Crippen molar-refractivity contribution in [2.24, 2.45) is 5.92 Å². The molecule has 0 bridgehead atoms. The van der Waals surface area contributed by atoms with Crippen molar-refractivity contribution < 1.29 is 13.2 Å². The molecule has 0 atom stereocenters. The predicted molar refractivity (Wildman–Crippen MR) is 117 cm³/mol. The Labute approximate surface area is 181 Å². The first-order valence-corrected chi connectivity index (χ1v) is 13.4. The molecule has 4 rings (SSSR count). The van der Waals surface area contributed by atoms with E-state index >= 15 is 0 Å². The van der Waals surface area contributed by atoms with Crippen LogP contribution in [0.5, 0.6) is 0 Å². The first-order chi connectivity index (χ1) is 14.6. The number of sulfone groups is 1. The normalized spacial score (nSPS) is 23.0. The molecule has 7 nitrogen and oxygen atoms in total. The van der Waals surface area contributed by atoms with E-state index in [0.717, 1.165) is 50.8 Å². The van der Waals surface area contributed by atoms with Crippen LogP contribution in [-0.2, 0) is 27.7 Å². The summed E-state index contributed by atoms with van der Waals surface area (Å²) in [6, 6.07) is 0.769. The maximum Gasteiger partial charge on any atom is 0.227 e. The molecule has 1 aromatic rings. The van der Waals surface area contributed by atoms with Crippen molar-refractivity contribution in [1.82, 2.24) is 19.4 Å². The van der Waals surface area contributed by atoms with E-state index in [4.69, 9.17) is 4.74 Å². The summed E-state index contributed by atoms with van der Waals surface area (Å²) in [5, 5.41) is 0.236. The summed E-state index contributed by atoms with van der Waals surface area (Å²) in [5.41, 5.74) is 0.993. The van der Waals surface area contributed by atoms with Crippen molar-refractivity contribution in [2.45, 2.75) is 75.7 Å². The Balaban J connectivity index is 1.43. The highest BCUT2D eigenvalue weighted by molar-refractivity contribution is 7.91. The molecule has 2 heterocycles. The SMILES string of the molecule is COCCn1c(CN2CCCN(C3CCCCC3)CC2)cnc1S(=O)(=O)CC1CC1. The molecule has 0 spiro atoms. The van der Waals surface area contributed by atoms with Gasteiger partial charge in [0.25, 0.3) is 0 Å². The topological polar surface area (TPSA) is 67.7 Å². The molecule has 1 aliphatic heterocycles. The zero-order valence-corrected chi connectivity index (χ0v) is 19.3. The first-order valence-electron chi connectivity index (χ1n) is 11.8. The number of hydrogen-bond donors (Lipinski definition) is 0. The van der Waals surface area contributed by atoms with E-state index in [1.165, 1.54) is 45.1 Å². The summed E-state index contributed by atoms with van der Waals surface area (Å²) in [5.74, 6) is 0.554. The molecule has 30 heavy (non-hydrogen) atoms. The van der Waals surface area contributed by atoms with E-state index in [-0.39, 0.29) is 10.9 Å². The Kier molecular flexibility index (Phi) is 7.49. The lowest BCUT2D eigenvalue weighted by Gasteiger charge is -2.33. The zero-order valence-electron chi connectivity index (χ0n) is 18.5. The lowest BCUT2D eigenvalue weighted by Crippen LogP contribution is -2.39. The summed E-state index contributed by atoms with van der Waals surface area (Å²) >= 11 is 0. The van der Waals surface area contributed by atoms with Gasteiger partial charge in [-0.1, -0.05) is 19.3 Å². The molecule has 1 aromatic heterocycles. The summed E-state index contributed by atoms with van der Waals surface area (Å²) < 4.78 is 33.0. The predicted octanol–water partition coefficient (Wildman–Crippen LogP) is 2.55. The van der Waals surface area contributed by atoms with Crippen molar-refractivity contribution in [3.63, 3.8) is 0 Å². The highest BCUT2D eigenvalue weighted by atomic mass is 32.2. The van der Waals surface area contributed by atoms with Crippen molar-refractivity contribution in [3.05, 3.63) is 11.9 Å². The number of nitrogens with zero attached hydrogens (tertiary/aromatic N) is 4. The Morgan fingerprint density at radius 3 is 2.57 bits per heavy atom. The van der Waals surface area contributed by atoms with Crippen LogP contribution < -0.4 is 0 Å².